The number of hydrogen-bond acceptors (Lipinski definition) is 7. The largest absolute Gasteiger partial charge is 0.392 e. The highest BCUT2D eigenvalue weighted by Crippen LogP contribution is 2.43. The molecule has 2 heterocycles. The minimum absolute atomic E-state index is 0.00000326. The maximum Gasteiger partial charge on any atom is 0.220 e. The molecule has 3 N–H and O–H groups in total. The lowest BCUT2D eigenvalue weighted by molar-refractivity contribution is -0.268. The van der Waals surface area contributed by atoms with E-state index in [2.05, 4.69) is 52.9 Å². The van der Waals surface area contributed by atoms with Crippen molar-refractivity contribution in [2.24, 2.45) is 13.0 Å². The molecule has 4 aromatic rings. The van der Waals surface area contributed by atoms with Gasteiger partial charge in [-0.25, -0.2) is 4.98 Å². The number of ether oxygens (including phenoxy) is 2. The lowest BCUT2D eigenvalue weighted by Gasteiger charge is -2.41. The standard InChI is InChI=1S/C38H46N4O5S/c1-26-34(25-48-38-40-21-22-42(38)3)46-37(47-36(26)30-14-12-28(24-43)13-15-30)31-18-16-29(17-19-31)33-10-7-6-9-32(33)23-41-35(45)11-5-4-8-20-39-27(2)44/h6-7,9-10,12-19,21-22,26,34,36-37,43H,4-5,8,11,20,23-25H2,1-3H3,(H,39,44)(H,41,45)/t26-,34+,36+,37+/m1/s1. The second kappa shape index (κ2) is 17.4. The average Bonchev–Trinajstić information content (AvgIpc) is 3.52. The second-order valence-electron chi connectivity index (χ2n) is 12.3. The maximum absolute atomic E-state index is 12.5. The zero-order chi connectivity index (χ0) is 33.9. The summed E-state index contributed by atoms with van der Waals surface area (Å²) in [6.45, 7) is 4.77. The summed E-state index contributed by atoms with van der Waals surface area (Å²) in [5.74, 6) is 0.809. The number of carbonyl (C=O) groups excluding carboxylic acids is 2. The van der Waals surface area contributed by atoms with Crippen LogP contribution in [-0.4, -0.2) is 44.9 Å². The summed E-state index contributed by atoms with van der Waals surface area (Å²) < 4.78 is 15.3. The van der Waals surface area contributed by atoms with Crippen LogP contribution in [0.4, 0.5) is 0 Å². The van der Waals surface area contributed by atoms with Crippen LogP contribution in [0.1, 0.15) is 74.2 Å². The number of thioether (sulfide) groups is 1. The van der Waals surface area contributed by atoms with Gasteiger partial charge < -0.3 is 29.8 Å². The van der Waals surface area contributed by atoms with E-state index in [9.17, 15) is 14.7 Å². The molecule has 2 amide bonds. The number of aryl methyl sites for hydroxylation is 1. The number of nitrogens with zero attached hydrogens (tertiary/aromatic N) is 2. The van der Waals surface area contributed by atoms with Gasteiger partial charge in [-0.1, -0.05) is 97.9 Å². The summed E-state index contributed by atoms with van der Waals surface area (Å²) >= 11 is 1.68. The van der Waals surface area contributed by atoms with E-state index < -0.39 is 6.29 Å². The highest BCUT2D eigenvalue weighted by molar-refractivity contribution is 7.99. The van der Waals surface area contributed by atoms with Crippen LogP contribution in [0.25, 0.3) is 11.1 Å². The minimum Gasteiger partial charge on any atom is -0.392 e. The van der Waals surface area contributed by atoms with Crippen LogP contribution in [0.3, 0.4) is 0 Å². The Morgan fingerprint density at radius 2 is 1.69 bits per heavy atom. The zero-order valence-electron chi connectivity index (χ0n) is 27.9. The van der Waals surface area contributed by atoms with Gasteiger partial charge in [0, 0.05) is 63.1 Å². The smallest absolute Gasteiger partial charge is 0.220 e. The highest BCUT2D eigenvalue weighted by Gasteiger charge is 2.38. The lowest BCUT2D eigenvalue weighted by Crippen LogP contribution is -2.38. The summed E-state index contributed by atoms with van der Waals surface area (Å²) in [4.78, 5) is 28.0. The van der Waals surface area contributed by atoms with Gasteiger partial charge in [0.05, 0.1) is 18.8 Å². The molecule has 9 nitrogen and oxygen atoms in total. The number of benzene rings is 3. The zero-order valence-corrected chi connectivity index (χ0v) is 28.7. The van der Waals surface area contributed by atoms with Crippen LogP contribution in [-0.2, 0) is 39.3 Å². The van der Waals surface area contributed by atoms with E-state index in [1.54, 1.807) is 18.0 Å². The Morgan fingerprint density at radius 1 is 0.938 bits per heavy atom. The van der Waals surface area contributed by atoms with Crippen molar-refractivity contribution in [1.82, 2.24) is 20.2 Å². The van der Waals surface area contributed by atoms with Crippen LogP contribution in [0.5, 0.6) is 0 Å². The SMILES string of the molecule is CC(=O)NCCCCCC(=O)NCc1ccccc1-c1ccc([C@H]2O[C@@H](CSc3nccn3C)[C@@H](C)[C@@H](c3ccc(CO)cc3)O2)cc1. The summed E-state index contributed by atoms with van der Waals surface area (Å²) in [7, 11) is 1.99. The molecule has 0 saturated carbocycles. The quantitative estimate of drug-likeness (QED) is 0.0981. The molecule has 0 spiro atoms. The molecule has 1 aliphatic rings. The predicted octanol–water partition coefficient (Wildman–Crippen LogP) is 6.48. The number of rotatable bonds is 15. The molecule has 0 aliphatic carbocycles. The number of aliphatic hydroxyl groups is 1. The monoisotopic (exact) mass is 670 g/mol. The van der Waals surface area contributed by atoms with E-state index in [1.807, 2.05) is 60.3 Å². The van der Waals surface area contributed by atoms with E-state index in [0.717, 1.165) is 63.6 Å². The Morgan fingerprint density at radius 3 is 2.40 bits per heavy atom. The number of imidazole rings is 1. The van der Waals surface area contributed by atoms with Crippen molar-refractivity contribution in [2.75, 3.05) is 12.3 Å². The first-order chi connectivity index (χ1) is 23.3. The van der Waals surface area contributed by atoms with Gasteiger partial charge in [0.15, 0.2) is 11.4 Å². The van der Waals surface area contributed by atoms with Gasteiger partial charge in [0.2, 0.25) is 11.8 Å². The van der Waals surface area contributed by atoms with Gasteiger partial charge in [0.25, 0.3) is 0 Å². The van der Waals surface area contributed by atoms with Crippen LogP contribution in [0.15, 0.2) is 90.3 Å². The van der Waals surface area contributed by atoms with E-state index in [0.29, 0.717) is 19.5 Å². The third kappa shape index (κ3) is 9.56. The van der Waals surface area contributed by atoms with Crippen LogP contribution in [0.2, 0.25) is 0 Å². The molecule has 4 atom stereocenters. The summed E-state index contributed by atoms with van der Waals surface area (Å²) in [5, 5.41) is 16.4. The molecule has 5 rings (SSSR count). The minimum atomic E-state index is -0.558. The first-order valence-corrected chi connectivity index (χ1v) is 17.6. The summed E-state index contributed by atoms with van der Waals surface area (Å²) in [6.07, 6.45) is 5.92. The number of nitrogens with one attached hydrogen (secondary N) is 2. The van der Waals surface area contributed by atoms with E-state index in [4.69, 9.17) is 9.47 Å². The van der Waals surface area contributed by atoms with Crippen LogP contribution >= 0.6 is 11.8 Å². The average molecular weight is 671 g/mol. The molecule has 1 fully saturated rings. The van der Waals surface area contributed by atoms with Crippen molar-refractivity contribution in [3.05, 3.63) is 107 Å². The van der Waals surface area contributed by atoms with Gasteiger partial charge in [-0.05, 0) is 40.7 Å². The fourth-order valence-electron chi connectivity index (χ4n) is 5.87. The molecule has 1 aromatic heterocycles. The third-order valence-corrected chi connectivity index (χ3v) is 9.87. The molecule has 48 heavy (non-hydrogen) atoms. The van der Waals surface area contributed by atoms with Crippen molar-refractivity contribution in [3.63, 3.8) is 0 Å². The Bertz CT molecular complexity index is 1620. The Hall–Kier alpha value is -3.96. The first-order valence-electron chi connectivity index (χ1n) is 16.6. The van der Waals surface area contributed by atoms with E-state index in [-0.39, 0.29) is 36.5 Å². The van der Waals surface area contributed by atoms with Crippen LogP contribution < -0.4 is 10.6 Å². The second-order valence-corrected chi connectivity index (χ2v) is 13.3. The Kier molecular flexibility index (Phi) is 12.8. The Balaban J connectivity index is 1.25. The van der Waals surface area contributed by atoms with Crippen LogP contribution in [0, 0.1) is 5.92 Å². The molecule has 254 valence electrons. The molecule has 1 aliphatic heterocycles. The van der Waals surface area contributed by atoms with Gasteiger partial charge in [-0.3, -0.25) is 9.59 Å². The molecule has 0 unspecified atom stereocenters. The normalized spacial score (nSPS) is 19.2. The fourth-order valence-corrected chi connectivity index (χ4v) is 6.96. The molecule has 3 aromatic carbocycles. The van der Waals surface area contributed by atoms with E-state index in [1.165, 1.54) is 6.92 Å². The molecular weight excluding hydrogens is 625 g/mol. The number of hydrogen-bond donors (Lipinski definition) is 3. The van der Waals surface area contributed by atoms with Gasteiger partial charge >= 0.3 is 0 Å². The van der Waals surface area contributed by atoms with Crippen molar-refractivity contribution in [1.29, 1.82) is 0 Å². The molecule has 0 radical (unpaired) electrons. The molecule has 0 bridgehead atoms. The van der Waals surface area contributed by atoms with Gasteiger partial charge in [-0.2, -0.15) is 0 Å². The van der Waals surface area contributed by atoms with Gasteiger partial charge in [-0.15, -0.1) is 0 Å². The van der Waals surface area contributed by atoms with E-state index >= 15 is 0 Å². The van der Waals surface area contributed by atoms with Crippen molar-refractivity contribution >= 4 is 23.6 Å². The number of carbonyl (C=O) groups is 2. The summed E-state index contributed by atoms with van der Waals surface area (Å²) in [6, 6.07) is 24.3. The predicted molar refractivity (Wildman–Crippen MR) is 188 cm³/mol. The molecular formula is C38H46N4O5S. The van der Waals surface area contributed by atoms with Gasteiger partial charge in [0.1, 0.15) is 0 Å². The fraction of sp³-hybridized carbons (Fsp3) is 0.395. The van der Waals surface area contributed by atoms with Crippen molar-refractivity contribution in [2.45, 2.75) is 76.3 Å². The highest BCUT2D eigenvalue weighted by atomic mass is 32.2. The molecule has 1 saturated heterocycles. The third-order valence-electron chi connectivity index (χ3n) is 8.72. The Labute approximate surface area is 287 Å². The number of aliphatic hydroxyl groups excluding tert-OH is 1. The van der Waals surface area contributed by atoms with Crippen molar-refractivity contribution < 1.29 is 24.2 Å². The van der Waals surface area contributed by atoms with Crippen molar-refractivity contribution in [3.8, 4) is 11.1 Å². The lowest BCUT2D eigenvalue weighted by atomic mass is 9.91. The summed E-state index contributed by atoms with van der Waals surface area (Å²) in [5.41, 5.74) is 5.99. The maximum atomic E-state index is 12.5. The first kappa shape index (κ1) is 35.3. The topological polar surface area (TPSA) is 115 Å². The molecule has 10 heteroatoms. The number of amides is 2. The number of aromatic nitrogens is 2. The number of unbranched alkanes of at least 4 members (excludes halogenated alkanes) is 2.